The molecule has 152 valence electrons. The van der Waals surface area contributed by atoms with Gasteiger partial charge in [-0.1, -0.05) is 13.8 Å². The van der Waals surface area contributed by atoms with E-state index in [2.05, 4.69) is 13.8 Å². The second-order valence-corrected chi connectivity index (χ2v) is 9.10. The van der Waals surface area contributed by atoms with Crippen LogP contribution in [-0.4, -0.2) is 37.2 Å². The first kappa shape index (κ1) is 19.2. The Kier molecular flexibility index (Phi) is 4.63. The third-order valence-corrected chi connectivity index (χ3v) is 7.67. The summed E-state index contributed by atoms with van der Waals surface area (Å²) in [5, 5.41) is 0. The summed E-state index contributed by atoms with van der Waals surface area (Å²) < 4.78 is 16.1. The Bertz CT molecular complexity index is 780. The highest BCUT2D eigenvalue weighted by Crippen LogP contribution is 2.64. The fourth-order valence-corrected chi connectivity index (χ4v) is 5.92. The van der Waals surface area contributed by atoms with Gasteiger partial charge in [0, 0.05) is 24.0 Å². The molecule has 0 N–H and O–H groups in total. The Morgan fingerprint density at radius 2 is 2.11 bits per heavy atom. The van der Waals surface area contributed by atoms with Crippen molar-refractivity contribution in [3.05, 3.63) is 23.3 Å². The minimum absolute atomic E-state index is 0.0589. The lowest BCUT2D eigenvalue weighted by atomic mass is 9.46. The molecule has 1 saturated carbocycles. The molecular weight excluding hydrogens is 360 g/mol. The summed E-state index contributed by atoms with van der Waals surface area (Å²) in [5.74, 6) is -0.233. The molecule has 1 spiro atoms. The number of carbonyl (C=O) groups is 3. The monoisotopic (exact) mass is 388 g/mol. The summed E-state index contributed by atoms with van der Waals surface area (Å²) in [6.45, 7) is 6.76. The molecule has 2 aliphatic carbocycles. The van der Waals surface area contributed by atoms with Crippen molar-refractivity contribution in [2.45, 2.75) is 59.0 Å². The molecule has 0 amide bonds. The second kappa shape index (κ2) is 6.75. The highest BCUT2D eigenvalue weighted by Gasteiger charge is 2.62. The largest absolute Gasteiger partial charge is 0.461 e. The van der Waals surface area contributed by atoms with Crippen LogP contribution in [-0.2, 0) is 28.6 Å². The number of ether oxygens (including phenoxy) is 3. The smallest absolute Gasteiger partial charge is 0.334 e. The summed E-state index contributed by atoms with van der Waals surface area (Å²) in [6.07, 6.45) is 7.38. The zero-order valence-electron chi connectivity index (χ0n) is 16.8. The van der Waals surface area contributed by atoms with Gasteiger partial charge in [0.05, 0.1) is 0 Å². The summed E-state index contributed by atoms with van der Waals surface area (Å²) >= 11 is 0. The summed E-state index contributed by atoms with van der Waals surface area (Å²) in [6, 6.07) is 0. The van der Waals surface area contributed by atoms with Gasteiger partial charge in [-0.25, -0.2) is 9.59 Å². The molecule has 4 rings (SSSR count). The van der Waals surface area contributed by atoms with Crippen LogP contribution in [0.25, 0.3) is 0 Å². The molecule has 0 aromatic heterocycles. The van der Waals surface area contributed by atoms with Gasteiger partial charge < -0.3 is 14.2 Å². The minimum atomic E-state index is -0.392. The molecule has 6 nitrogen and oxygen atoms in total. The number of hydrogen-bond acceptors (Lipinski definition) is 6. The molecule has 1 unspecified atom stereocenters. The number of esters is 3. The molecule has 2 heterocycles. The molecule has 0 aromatic carbocycles. The zero-order valence-corrected chi connectivity index (χ0v) is 16.8. The average molecular weight is 388 g/mol. The Hall–Kier alpha value is -2.11. The number of hydrogen-bond donors (Lipinski definition) is 0. The second-order valence-electron chi connectivity index (χ2n) is 9.10. The van der Waals surface area contributed by atoms with Crippen LogP contribution in [0.5, 0.6) is 0 Å². The number of carbonyl (C=O) groups excluding carboxylic acids is 3. The van der Waals surface area contributed by atoms with Crippen LogP contribution in [0.2, 0.25) is 0 Å². The van der Waals surface area contributed by atoms with E-state index in [0.29, 0.717) is 31.1 Å². The third-order valence-electron chi connectivity index (χ3n) is 7.67. The molecule has 0 bridgehead atoms. The topological polar surface area (TPSA) is 78.9 Å². The zero-order chi connectivity index (χ0) is 20.1. The van der Waals surface area contributed by atoms with Crippen molar-refractivity contribution >= 4 is 17.9 Å². The molecule has 0 aromatic rings. The molecule has 28 heavy (non-hydrogen) atoms. The predicted molar refractivity (Wildman–Crippen MR) is 99.9 cm³/mol. The minimum Gasteiger partial charge on any atom is -0.461 e. The van der Waals surface area contributed by atoms with E-state index in [1.165, 1.54) is 6.92 Å². The van der Waals surface area contributed by atoms with Crippen molar-refractivity contribution in [2.75, 3.05) is 13.2 Å². The SMILES string of the molecule is CC(=O)O[C@@H]1C=C2C(=O)OC[C@]23CC[C@@H](C)[C@](C)(CCC2=CC(=O)OC2)C3C1. The van der Waals surface area contributed by atoms with Crippen LogP contribution in [0, 0.1) is 22.7 Å². The lowest BCUT2D eigenvalue weighted by molar-refractivity contribution is -0.149. The molecular formula is C22H28O6. The molecule has 1 saturated heterocycles. The van der Waals surface area contributed by atoms with Crippen LogP contribution in [0.4, 0.5) is 0 Å². The summed E-state index contributed by atoms with van der Waals surface area (Å²) in [5.41, 5.74) is 1.38. The highest BCUT2D eigenvalue weighted by molar-refractivity contribution is 5.93. The molecule has 2 aliphatic heterocycles. The van der Waals surface area contributed by atoms with Gasteiger partial charge in [-0.15, -0.1) is 0 Å². The molecule has 5 atom stereocenters. The predicted octanol–water partition coefficient (Wildman–Crippen LogP) is 3.11. The third kappa shape index (κ3) is 2.97. The van der Waals surface area contributed by atoms with Crippen molar-refractivity contribution in [1.29, 1.82) is 0 Å². The first-order chi connectivity index (χ1) is 13.2. The lowest BCUT2D eigenvalue weighted by Crippen LogP contribution is -2.53. The molecule has 4 aliphatic rings. The van der Waals surface area contributed by atoms with Gasteiger partial charge in [0.2, 0.25) is 0 Å². The Morgan fingerprint density at radius 1 is 1.32 bits per heavy atom. The standard InChI is InChI=1S/C22H28O6/c1-13-4-7-22-12-27-20(25)17(22)9-16(28-14(2)23)10-18(22)21(13,3)6-5-15-8-19(24)26-11-15/h8-9,13,16,18H,4-7,10-12H2,1-3H3/t13-,16-,18?,21+,22-/m1/s1. The van der Waals surface area contributed by atoms with Gasteiger partial charge >= 0.3 is 17.9 Å². The average Bonchev–Trinajstić information content (AvgIpc) is 3.20. The van der Waals surface area contributed by atoms with E-state index in [4.69, 9.17) is 14.2 Å². The summed E-state index contributed by atoms with van der Waals surface area (Å²) in [4.78, 5) is 35.5. The van der Waals surface area contributed by atoms with Crippen LogP contribution in [0.15, 0.2) is 23.3 Å². The maximum atomic E-state index is 12.5. The van der Waals surface area contributed by atoms with Gasteiger partial charge in [0.25, 0.3) is 0 Å². The van der Waals surface area contributed by atoms with Gasteiger partial charge in [-0.05, 0) is 61.0 Å². The highest BCUT2D eigenvalue weighted by atomic mass is 16.5. The van der Waals surface area contributed by atoms with E-state index in [1.54, 1.807) is 6.08 Å². The maximum absolute atomic E-state index is 12.5. The van der Waals surface area contributed by atoms with E-state index in [-0.39, 0.29) is 34.7 Å². The van der Waals surface area contributed by atoms with Gasteiger partial charge in [-0.3, -0.25) is 4.79 Å². The Labute approximate surface area is 165 Å². The van der Waals surface area contributed by atoms with Crippen molar-refractivity contribution in [2.24, 2.45) is 22.7 Å². The quantitative estimate of drug-likeness (QED) is 0.544. The van der Waals surface area contributed by atoms with Crippen LogP contribution in [0.3, 0.4) is 0 Å². The summed E-state index contributed by atoms with van der Waals surface area (Å²) in [7, 11) is 0. The van der Waals surface area contributed by atoms with E-state index in [0.717, 1.165) is 31.3 Å². The van der Waals surface area contributed by atoms with Crippen molar-refractivity contribution in [3.63, 3.8) is 0 Å². The molecule has 6 heteroatoms. The van der Waals surface area contributed by atoms with E-state index < -0.39 is 6.10 Å². The first-order valence-corrected chi connectivity index (χ1v) is 10.2. The van der Waals surface area contributed by atoms with E-state index in [1.807, 2.05) is 6.08 Å². The fraction of sp³-hybridized carbons (Fsp3) is 0.682. The Balaban J connectivity index is 1.66. The van der Waals surface area contributed by atoms with Crippen molar-refractivity contribution < 1.29 is 28.6 Å². The Morgan fingerprint density at radius 3 is 2.79 bits per heavy atom. The number of rotatable bonds is 4. The molecule has 0 radical (unpaired) electrons. The normalized spacial score (nSPS) is 39.3. The first-order valence-electron chi connectivity index (χ1n) is 10.2. The van der Waals surface area contributed by atoms with E-state index in [9.17, 15) is 14.4 Å². The van der Waals surface area contributed by atoms with E-state index >= 15 is 0 Å². The maximum Gasteiger partial charge on any atom is 0.334 e. The molecule has 2 fully saturated rings. The fourth-order valence-electron chi connectivity index (χ4n) is 5.92. The number of cyclic esters (lactones) is 2. The van der Waals surface area contributed by atoms with Gasteiger partial charge in [0.15, 0.2) is 0 Å². The lowest BCUT2D eigenvalue weighted by Gasteiger charge is -2.57. The van der Waals surface area contributed by atoms with Crippen molar-refractivity contribution in [3.8, 4) is 0 Å². The van der Waals surface area contributed by atoms with Crippen molar-refractivity contribution in [1.82, 2.24) is 0 Å². The van der Waals surface area contributed by atoms with Crippen LogP contribution < -0.4 is 0 Å². The van der Waals surface area contributed by atoms with Gasteiger partial charge in [-0.2, -0.15) is 0 Å². The van der Waals surface area contributed by atoms with Crippen LogP contribution in [0.1, 0.15) is 52.9 Å². The van der Waals surface area contributed by atoms with Crippen LogP contribution >= 0.6 is 0 Å². The van der Waals surface area contributed by atoms with Gasteiger partial charge in [0.1, 0.15) is 19.3 Å².